The van der Waals surface area contributed by atoms with Crippen LogP contribution in [-0.4, -0.2) is 0 Å². The average Bonchev–Trinajstić information content (AvgIpc) is 2.49. The number of rotatable bonds is 4. The molecule has 1 aliphatic rings. The van der Waals surface area contributed by atoms with Gasteiger partial charge in [-0.1, -0.05) is 31.2 Å². The minimum absolute atomic E-state index is 0.130. The van der Waals surface area contributed by atoms with Gasteiger partial charge >= 0.3 is 0 Å². The van der Waals surface area contributed by atoms with Crippen LogP contribution in [-0.2, 0) is 0 Å². The van der Waals surface area contributed by atoms with Crippen LogP contribution < -0.4 is 0 Å². The van der Waals surface area contributed by atoms with Gasteiger partial charge < -0.3 is 0 Å². The van der Waals surface area contributed by atoms with Gasteiger partial charge in [0.15, 0.2) is 17.5 Å². The molecule has 1 saturated carbocycles. The SMILES string of the molecule is CCC=CC=CC1CCC(c2cc(F)c(F)c(F)c2)CC1. The molecule has 0 radical (unpaired) electrons. The van der Waals surface area contributed by atoms with Crippen LogP contribution in [0.5, 0.6) is 0 Å². The maximum atomic E-state index is 13.3. The zero-order chi connectivity index (χ0) is 15.2. The van der Waals surface area contributed by atoms with Crippen LogP contribution in [0.4, 0.5) is 13.2 Å². The van der Waals surface area contributed by atoms with Crippen LogP contribution in [0, 0.1) is 23.4 Å². The Bertz CT molecular complexity index is 500. The minimum atomic E-state index is -1.38. The summed E-state index contributed by atoms with van der Waals surface area (Å²) in [6.07, 6.45) is 13.2. The lowest BCUT2D eigenvalue weighted by atomic mass is 9.78. The predicted molar refractivity (Wildman–Crippen MR) is 79.6 cm³/mol. The van der Waals surface area contributed by atoms with Gasteiger partial charge in [0.1, 0.15) is 0 Å². The molecule has 21 heavy (non-hydrogen) atoms. The van der Waals surface area contributed by atoms with Crippen molar-refractivity contribution in [3.05, 3.63) is 59.5 Å². The summed E-state index contributed by atoms with van der Waals surface area (Å²) >= 11 is 0. The van der Waals surface area contributed by atoms with Gasteiger partial charge in [0.2, 0.25) is 0 Å². The lowest BCUT2D eigenvalue weighted by molar-refractivity contribution is 0.371. The molecule has 3 heteroatoms. The molecule has 0 atom stereocenters. The minimum Gasteiger partial charge on any atom is -0.204 e. The lowest BCUT2D eigenvalue weighted by Gasteiger charge is -2.27. The van der Waals surface area contributed by atoms with Gasteiger partial charge in [-0.3, -0.25) is 0 Å². The molecule has 0 nitrogen and oxygen atoms in total. The molecule has 1 aromatic carbocycles. The molecule has 0 saturated heterocycles. The monoisotopic (exact) mass is 294 g/mol. The second-order valence-electron chi connectivity index (χ2n) is 5.63. The molecule has 0 aromatic heterocycles. The fourth-order valence-corrected chi connectivity index (χ4v) is 2.89. The topological polar surface area (TPSA) is 0 Å². The smallest absolute Gasteiger partial charge is 0.194 e. The van der Waals surface area contributed by atoms with Crippen LogP contribution >= 0.6 is 0 Å². The summed E-state index contributed by atoms with van der Waals surface area (Å²) in [7, 11) is 0. The molecule has 0 spiro atoms. The highest BCUT2D eigenvalue weighted by molar-refractivity contribution is 5.24. The Morgan fingerprint density at radius 2 is 1.62 bits per heavy atom. The van der Waals surface area contributed by atoms with E-state index in [0.29, 0.717) is 11.5 Å². The quantitative estimate of drug-likeness (QED) is 0.479. The molecular formula is C18H21F3. The van der Waals surface area contributed by atoms with Crippen molar-refractivity contribution >= 4 is 0 Å². The largest absolute Gasteiger partial charge is 0.204 e. The summed E-state index contributed by atoms with van der Waals surface area (Å²) in [4.78, 5) is 0. The summed E-state index contributed by atoms with van der Waals surface area (Å²) < 4.78 is 39.5. The molecule has 0 heterocycles. The lowest BCUT2D eigenvalue weighted by Crippen LogP contribution is -2.12. The fraction of sp³-hybridized carbons (Fsp3) is 0.444. The van der Waals surface area contributed by atoms with E-state index in [1.807, 2.05) is 0 Å². The first kappa shape index (κ1) is 15.9. The molecule has 0 amide bonds. The van der Waals surface area contributed by atoms with Crippen molar-refractivity contribution in [2.75, 3.05) is 0 Å². The van der Waals surface area contributed by atoms with Crippen LogP contribution in [0.25, 0.3) is 0 Å². The first-order chi connectivity index (χ1) is 10.1. The van der Waals surface area contributed by atoms with Gasteiger partial charge in [-0.2, -0.15) is 0 Å². The van der Waals surface area contributed by atoms with E-state index in [1.165, 1.54) is 0 Å². The van der Waals surface area contributed by atoms with E-state index in [-0.39, 0.29) is 5.92 Å². The third-order valence-electron chi connectivity index (χ3n) is 4.12. The molecule has 114 valence electrons. The van der Waals surface area contributed by atoms with E-state index in [9.17, 15) is 13.2 Å². The molecule has 1 fully saturated rings. The Morgan fingerprint density at radius 1 is 1.00 bits per heavy atom. The number of benzene rings is 1. The van der Waals surface area contributed by atoms with E-state index in [4.69, 9.17) is 0 Å². The van der Waals surface area contributed by atoms with Crippen molar-refractivity contribution in [1.29, 1.82) is 0 Å². The first-order valence-electron chi connectivity index (χ1n) is 7.59. The zero-order valence-corrected chi connectivity index (χ0v) is 12.3. The summed E-state index contributed by atoms with van der Waals surface area (Å²) in [6, 6.07) is 2.28. The Labute approximate surface area is 124 Å². The average molecular weight is 294 g/mol. The van der Waals surface area contributed by atoms with E-state index in [1.54, 1.807) is 0 Å². The standard InChI is InChI=1S/C18H21F3/c1-2-3-4-5-6-13-7-9-14(10-8-13)15-11-16(19)18(21)17(20)12-15/h3-6,11-14H,2,7-10H2,1H3. The van der Waals surface area contributed by atoms with Crippen molar-refractivity contribution in [3.63, 3.8) is 0 Å². The van der Waals surface area contributed by atoms with Crippen molar-refractivity contribution in [2.24, 2.45) is 5.92 Å². The molecule has 0 unspecified atom stereocenters. The molecular weight excluding hydrogens is 273 g/mol. The van der Waals surface area contributed by atoms with E-state index in [0.717, 1.165) is 44.2 Å². The number of hydrogen-bond donors (Lipinski definition) is 0. The molecule has 0 bridgehead atoms. The first-order valence-corrected chi connectivity index (χ1v) is 7.59. The highest BCUT2D eigenvalue weighted by Gasteiger charge is 2.23. The van der Waals surface area contributed by atoms with Crippen molar-refractivity contribution in [3.8, 4) is 0 Å². The summed E-state index contributed by atoms with van der Waals surface area (Å²) in [5.41, 5.74) is 0.583. The van der Waals surface area contributed by atoms with Gasteiger partial charge in [-0.05, 0) is 61.6 Å². The van der Waals surface area contributed by atoms with Crippen molar-refractivity contribution in [2.45, 2.75) is 44.9 Å². The number of allylic oxidation sites excluding steroid dienone is 4. The Morgan fingerprint density at radius 3 is 2.19 bits per heavy atom. The van der Waals surface area contributed by atoms with Gasteiger partial charge in [-0.25, -0.2) is 13.2 Å². The molecule has 1 aromatic rings. The molecule has 0 N–H and O–H groups in total. The van der Waals surface area contributed by atoms with Crippen LogP contribution in [0.1, 0.15) is 50.5 Å². The Kier molecular flexibility index (Phi) is 5.66. The molecule has 1 aliphatic carbocycles. The summed E-state index contributed by atoms with van der Waals surface area (Å²) in [5, 5.41) is 0. The van der Waals surface area contributed by atoms with Crippen LogP contribution in [0.2, 0.25) is 0 Å². The highest BCUT2D eigenvalue weighted by atomic mass is 19.2. The van der Waals surface area contributed by atoms with E-state index < -0.39 is 17.5 Å². The van der Waals surface area contributed by atoms with E-state index in [2.05, 4.69) is 31.2 Å². The molecule has 0 aliphatic heterocycles. The zero-order valence-electron chi connectivity index (χ0n) is 12.3. The summed E-state index contributed by atoms with van der Waals surface area (Å²) in [5.74, 6) is -2.89. The second kappa shape index (κ2) is 7.48. The van der Waals surface area contributed by atoms with Gasteiger partial charge in [0.05, 0.1) is 0 Å². The second-order valence-corrected chi connectivity index (χ2v) is 5.63. The third kappa shape index (κ3) is 4.23. The predicted octanol–water partition coefficient (Wildman–Crippen LogP) is 5.90. The van der Waals surface area contributed by atoms with Gasteiger partial charge in [0.25, 0.3) is 0 Å². The Hall–Kier alpha value is -1.51. The maximum Gasteiger partial charge on any atom is 0.194 e. The van der Waals surface area contributed by atoms with E-state index >= 15 is 0 Å². The van der Waals surface area contributed by atoms with Crippen molar-refractivity contribution in [1.82, 2.24) is 0 Å². The van der Waals surface area contributed by atoms with Crippen LogP contribution in [0.3, 0.4) is 0 Å². The number of halogens is 3. The summed E-state index contributed by atoms with van der Waals surface area (Å²) in [6.45, 7) is 2.09. The van der Waals surface area contributed by atoms with Crippen molar-refractivity contribution < 1.29 is 13.2 Å². The normalized spacial score (nSPS) is 23.2. The maximum absolute atomic E-state index is 13.3. The Balaban J connectivity index is 1.95. The van der Waals surface area contributed by atoms with Gasteiger partial charge in [-0.15, -0.1) is 0 Å². The number of hydrogen-bond acceptors (Lipinski definition) is 0. The molecule has 2 rings (SSSR count). The highest BCUT2D eigenvalue weighted by Crippen LogP contribution is 2.37. The third-order valence-corrected chi connectivity index (χ3v) is 4.12. The van der Waals surface area contributed by atoms with Crippen LogP contribution in [0.15, 0.2) is 36.4 Å². The fourth-order valence-electron chi connectivity index (χ4n) is 2.89. The van der Waals surface area contributed by atoms with Gasteiger partial charge in [0, 0.05) is 0 Å².